The number of methoxy groups -OCH3 is 1. The highest BCUT2D eigenvalue weighted by molar-refractivity contribution is 6.13. The first-order valence-electron chi connectivity index (χ1n) is 8.00. The quantitative estimate of drug-likeness (QED) is 0.531. The molecule has 3 rings (SSSR count). The van der Waals surface area contributed by atoms with Crippen LogP contribution in [0.15, 0.2) is 66.7 Å². The zero-order chi connectivity index (χ0) is 17.8. The van der Waals surface area contributed by atoms with Crippen LogP contribution in [0.5, 0.6) is 5.75 Å². The number of ketones is 1. The second-order valence-electron chi connectivity index (χ2n) is 5.75. The third-order valence-corrected chi connectivity index (χ3v) is 4.06. The highest BCUT2D eigenvalue weighted by atomic mass is 16.5. The summed E-state index contributed by atoms with van der Waals surface area (Å²) in [7, 11) is 1.60. The molecule has 0 amide bonds. The van der Waals surface area contributed by atoms with E-state index in [0.29, 0.717) is 28.3 Å². The molecule has 0 spiro atoms. The van der Waals surface area contributed by atoms with Gasteiger partial charge in [0.15, 0.2) is 5.78 Å². The Kier molecular flexibility index (Phi) is 4.70. The van der Waals surface area contributed by atoms with Gasteiger partial charge >= 0.3 is 0 Å². The number of aryl methyl sites for hydroxylation is 1. The molecule has 0 aliphatic heterocycles. The lowest BCUT2D eigenvalue weighted by Crippen LogP contribution is -2.08. The molecular formula is C21H20N2O2. The van der Waals surface area contributed by atoms with Gasteiger partial charge in [-0.25, -0.2) is 0 Å². The van der Waals surface area contributed by atoms with E-state index in [1.807, 2.05) is 61.5 Å². The summed E-state index contributed by atoms with van der Waals surface area (Å²) in [6.45, 7) is 1.94. The lowest BCUT2D eigenvalue weighted by molar-refractivity contribution is 0.103. The van der Waals surface area contributed by atoms with Crippen molar-refractivity contribution in [3.05, 3.63) is 83.4 Å². The van der Waals surface area contributed by atoms with Gasteiger partial charge in [-0.2, -0.15) is 0 Å². The van der Waals surface area contributed by atoms with Crippen LogP contribution in [0.4, 0.5) is 17.1 Å². The SMILES string of the molecule is COc1c(C)ccc(C(=O)c2ccccc2)c1Nc1ccccc1N. The van der Waals surface area contributed by atoms with Crippen LogP contribution in [0.1, 0.15) is 21.5 Å². The number of rotatable bonds is 5. The average Bonchev–Trinajstić information content (AvgIpc) is 2.64. The third-order valence-electron chi connectivity index (χ3n) is 4.06. The predicted molar refractivity (Wildman–Crippen MR) is 102 cm³/mol. The Morgan fingerprint density at radius 2 is 1.64 bits per heavy atom. The first kappa shape index (κ1) is 16.6. The number of hydrogen-bond acceptors (Lipinski definition) is 4. The van der Waals surface area contributed by atoms with Gasteiger partial charge in [0.1, 0.15) is 5.75 Å². The molecule has 4 heteroatoms. The summed E-state index contributed by atoms with van der Waals surface area (Å²) < 4.78 is 5.56. The van der Waals surface area contributed by atoms with Crippen LogP contribution in [0.25, 0.3) is 0 Å². The smallest absolute Gasteiger partial charge is 0.195 e. The van der Waals surface area contributed by atoms with Crippen molar-refractivity contribution >= 4 is 22.8 Å². The molecule has 3 N–H and O–H groups in total. The lowest BCUT2D eigenvalue weighted by Gasteiger charge is -2.18. The molecule has 0 saturated heterocycles. The van der Waals surface area contributed by atoms with Gasteiger partial charge in [-0.05, 0) is 30.7 Å². The van der Waals surface area contributed by atoms with Crippen molar-refractivity contribution in [1.29, 1.82) is 0 Å². The zero-order valence-electron chi connectivity index (χ0n) is 14.2. The number of hydrogen-bond donors (Lipinski definition) is 2. The van der Waals surface area contributed by atoms with E-state index >= 15 is 0 Å². The van der Waals surface area contributed by atoms with Crippen molar-refractivity contribution in [1.82, 2.24) is 0 Å². The van der Waals surface area contributed by atoms with Crippen molar-refractivity contribution in [2.75, 3.05) is 18.2 Å². The monoisotopic (exact) mass is 332 g/mol. The molecule has 0 radical (unpaired) electrons. The highest BCUT2D eigenvalue weighted by Gasteiger charge is 2.19. The summed E-state index contributed by atoms with van der Waals surface area (Å²) in [5, 5.41) is 3.28. The summed E-state index contributed by atoms with van der Waals surface area (Å²) in [4.78, 5) is 13.0. The van der Waals surface area contributed by atoms with E-state index in [1.54, 1.807) is 19.2 Å². The molecule has 0 aromatic heterocycles. The zero-order valence-corrected chi connectivity index (χ0v) is 14.2. The first-order valence-corrected chi connectivity index (χ1v) is 8.00. The Morgan fingerprint density at radius 1 is 0.960 bits per heavy atom. The van der Waals surface area contributed by atoms with Crippen LogP contribution in [0.3, 0.4) is 0 Å². The van der Waals surface area contributed by atoms with Gasteiger partial charge in [-0.3, -0.25) is 4.79 Å². The maximum atomic E-state index is 13.0. The van der Waals surface area contributed by atoms with E-state index in [1.165, 1.54) is 0 Å². The molecule has 126 valence electrons. The summed E-state index contributed by atoms with van der Waals surface area (Å²) in [6, 6.07) is 20.3. The van der Waals surface area contributed by atoms with Crippen LogP contribution in [-0.4, -0.2) is 12.9 Å². The van der Waals surface area contributed by atoms with Gasteiger partial charge in [-0.15, -0.1) is 0 Å². The fourth-order valence-electron chi connectivity index (χ4n) is 2.75. The maximum Gasteiger partial charge on any atom is 0.195 e. The number of carbonyl (C=O) groups is 1. The number of nitrogens with one attached hydrogen (secondary N) is 1. The molecule has 0 fully saturated rings. The fourth-order valence-corrected chi connectivity index (χ4v) is 2.75. The minimum atomic E-state index is -0.0732. The molecule has 4 nitrogen and oxygen atoms in total. The molecule has 0 aliphatic rings. The molecule has 25 heavy (non-hydrogen) atoms. The third kappa shape index (κ3) is 3.33. The molecule has 0 unspecified atom stereocenters. The molecule has 0 saturated carbocycles. The maximum absolute atomic E-state index is 13.0. The molecule has 0 heterocycles. The Hall–Kier alpha value is -3.27. The Labute approximate surface area is 147 Å². The first-order chi connectivity index (χ1) is 12.1. The summed E-state index contributed by atoms with van der Waals surface area (Å²) in [5.74, 6) is 0.556. The standard InChI is InChI=1S/C21H20N2O2/c1-14-12-13-16(20(24)15-8-4-3-5-9-15)19(21(14)25-2)23-18-11-7-6-10-17(18)22/h3-13,23H,22H2,1-2H3. The number of anilines is 3. The fraction of sp³-hybridized carbons (Fsp3) is 0.0952. The van der Waals surface area contributed by atoms with Gasteiger partial charge in [0.2, 0.25) is 0 Å². The van der Waals surface area contributed by atoms with Gasteiger partial charge in [0, 0.05) is 11.1 Å². The van der Waals surface area contributed by atoms with E-state index < -0.39 is 0 Å². The van der Waals surface area contributed by atoms with Crippen LogP contribution in [0, 0.1) is 6.92 Å². The van der Waals surface area contributed by atoms with Crippen LogP contribution >= 0.6 is 0 Å². The summed E-state index contributed by atoms with van der Waals surface area (Å²) >= 11 is 0. The minimum absolute atomic E-state index is 0.0732. The second-order valence-corrected chi connectivity index (χ2v) is 5.75. The summed E-state index contributed by atoms with van der Waals surface area (Å²) in [6.07, 6.45) is 0. The predicted octanol–water partition coefficient (Wildman–Crippen LogP) is 4.56. The number of carbonyl (C=O) groups excluding carboxylic acids is 1. The van der Waals surface area contributed by atoms with Crippen molar-refractivity contribution in [2.45, 2.75) is 6.92 Å². The Bertz CT molecular complexity index is 905. The highest BCUT2D eigenvalue weighted by Crippen LogP contribution is 2.37. The van der Waals surface area contributed by atoms with E-state index in [2.05, 4.69) is 5.32 Å². The van der Waals surface area contributed by atoms with Crippen LogP contribution in [-0.2, 0) is 0 Å². The van der Waals surface area contributed by atoms with E-state index in [-0.39, 0.29) is 5.78 Å². The molecule has 0 atom stereocenters. The average molecular weight is 332 g/mol. The van der Waals surface area contributed by atoms with Gasteiger partial charge < -0.3 is 15.8 Å². The van der Waals surface area contributed by atoms with Gasteiger partial charge in [-0.1, -0.05) is 48.5 Å². The number of para-hydroxylation sites is 2. The van der Waals surface area contributed by atoms with Crippen molar-refractivity contribution in [3.8, 4) is 5.75 Å². The normalized spacial score (nSPS) is 10.3. The largest absolute Gasteiger partial charge is 0.494 e. The van der Waals surface area contributed by atoms with E-state index in [9.17, 15) is 4.79 Å². The van der Waals surface area contributed by atoms with E-state index in [0.717, 1.165) is 11.3 Å². The van der Waals surface area contributed by atoms with Crippen LogP contribution in [0.2, 0.25) is 0 Å². The van der Waals surface area contributed by atoms with Crippen molar-refractivity contribution in [3.63, 3.8) is 0 Å². The molecule has 3 aromatic rings. The Morgan fingerprint density at radius 3 is 2.32 bits per heavy atom. The van der Waals surface area contributed by atoms with Gasteiger partial charge in [0.25, 0.3) is 0 Å². The number of ether oxygens (including phenoxy) is 1. The van der Waals surface area contributed by atoms with E-state index in [4.69, 9.17) is 10.5 Å². The molecule has 0 bridgehead atoms. The minimum Gasteiger partial charge on any atom is -0.494 e. The Balaban J connectivity index is 2.13. The topological polar surface area (TPSA) is 64.3 Å². The lowest BCUT2D eigenvalue weighted by atomic mass is 9.99. The van der Waals surface area contributed by atoms with Gasteiger partial charge in [0.05, 0.1) is 24.2 Å². The summed E-state index contributed by atoms with van der Waals surface area (Å²) in [5.41, 5.74) is 10.1. The number of benzene rings is 3. The van der Waals surface area contributed by atoms with Crippen molar-refractivity contribution in [2.24, 2.45) is 0 Å². The van der Waals surface area contributed by atoms with Crippen LogP contribution < -0.4 is 15.8 Å². The molecule has 3 aromatic carbocycles. The van der Waals surface area contributed by atoms with Crippen molar-refractivity contribution < 1.29 is 9.53 Å². The molecule has 0 aliphatic carbocycles. The molecular weight excluding hydrogens is 312 g/mol. The second kappa shape index (κ2) is 7.09. The number of nitrogen functional groups attached to an aromatic ring is 1. The number of nitrogens with two attached hydrogens (primary N) is 1.